The third-order valence-electron chi connectivity index (χ3n) is 3.58. The van der Waals surface area contributed by atoms with Crippen LogP contribution in [-0.2, 0) is 11.2 Å². The highest BCUT2D eigenvalue weighted by Gasteiger charge is 2.14. The summed E-state index contributed by atoms with van der Waals surface area (Å²) >= 11 is 11.9. The highest BCUT2D eigenvalue weighted by atomic mass is 35.5. The number of aryl methyl sites for hydroxylation is 1. The van der Waals surface area contributed by atoms with Gasteiger partial charge in [0.05, 0.1) is 16.1 Å². The van der Waals surface area contributed by atoms with Crippen LogP contribution in [0.5, 0.6) is 5.75 Å². The Kier molecular flexibility index (Phi) is 6.23. The first-order valence-corrected chi connectivity index (χ1v) is 8.16. The molecule has 0 aromatic heterocycles. The van der Waals surface area contributed by atoms with Crippen LogP contribution in [-0.4, -0.2) is 11.0 Å². The van der Waals surface area contributed by atoms with E-state index in [1.165, 1.54) is 19.1 Å². The van der Waals surface area contributed by atoms with Crippen LogP contribution in [0.15, 0.2) is 47.3 Å². The smallest absolute Gasteiger partial charge is 0.220 e. The lowest BCUT2D eigenvalue weighted by Gasteiger charge is -2.18. The van der Waals surface area contributed by atoms with Gasteiger partial charge in [-0.05, 0) is 48.2 Å². The van der Waals surface area contributed by atoms with Crippen LogP contribution in [0.3, 0.4) is 0 Å². The molecule has 0 saturated heterocycles. The third-order valence-corrected chi connectivity index (χ3v) is 4.32. The van der Waals surface area contributed by atoms with E-state index < -0.39 is 5.43 Å². The first-order chi connectivity index (χ1) is 11.4. The van der Waals surface area contributed by atoms with Crippen LogP contribution in [0.25, 0.3) is 0 Å². The van der Waals surface area contributed by atoms with Crippen LogP contribution in [0.4, 0.5) is 0 Å². The Bertz CT molecular complexity index is 808. The molecule has 4 nitrogen and oxygen atoms in total. The fraction of sp³-hybridized carbons (Fsp3) is 0.222. The van der Waals surface area contributed by atoms with E-state index in [9.17, 15) is 14.7 Å². The Labute approximate surface area is 150 Å². The van der Waals surface area contributed by atoms with Crippen LogP contribution >= 0.6 is 23.2 Å². The fourth-order valence-electron chi connectivity index (χ4n) is 2.40. The molecule has 24 heavy (non-hydrogen) atoms. The van der Waals surface area contributed by atoms with Crippen LogP contribution in [0, 0.1) is 0 Å². The number of amides is 1. The molecule has 0 fully saturated rings. The molecule has 1 amide bonds. The Balaban J connectivity index is 2.24. The summed E-state index contributed by atoms with van der Waals surface area (Å²) in [7, 11) is 0. The molecule has 0 aliphatic carbocycles. The lowest BCUT2D eigenvalue weighted by atomic mass is 10.00. The zero-order valence-corrected chi connectivity index (χ0v) is 14.6. The summed E-state index contributed by atoms with van der Waals surface area (Å²) in [4.78, 5) is 23.0. The van der Waals surface area contributed by atoms with Gasteiger partial charge in [-0.3, -0.25) is 9.59 Å². The summed E-state index contributed by atoms with van der Waals surface area (Å²) in [6.45, 7) is 1.42. The van der Waals surface area contributed by atoms with E-state index in [-0.39, 0.29) is 17.7 Å². The molecule has 1 unspecified atom stereocenters. The van der Waals surface area contributed by atoms with Gasteiger partial charge < -0.3 is 10.4 Å². The second-order valence-electron chi connectivity index (χ2n) is 5.46. The molecule has 126 valence electrons. The van der Waals surface area contributed by atoms with Gasteiger partial charge in [-0.25, -0.2) is 0 Å². The standard InChI is InChI=1S/C18H17Cl2NO3/c1-11(22)21-16(13-3-2-4-17(23)18(24)10-13)8-6-12-5-7-14(19)15(20)9-12/h2-5,7,9-10,16H,6,8H2,1H3,(H,21,22)(H,23,24). The van der Waals surface area contributed by atoms with Crippen molar-refractivity contribution >= 4 is 29.1 Å². The van der Waals surface area contributed by atoms with E-state index in [0.29, 0.717) is 28.5 Å². The fourth-order valence-corrected chi connectivity index (χ4v) is 2.72. The molecule has 0 radical (unpaired) electrons. The van der Waals surface area contributed by atoms with Crippen molar-refractivity contribution in [3.8, 4) is 5.75 Å². The average Bonchev–Trinajstić information content (AvgIpc) is 2.68. The summed E-state index contributed by atoms with van der Waals surface area (Å²) in [5, 5.41) is 13.5. The van der Waals surface area contributed by atoms with Gasteiger partial charge in [0.1, 0.15) is 0 Å². The van der Waals surface area contributed by atoms with Crippen molar-refractivity contribution < 1.29 is 9.90 Å². The van der Waals surface area contributed by atoms with E-state index in [4.69, 9.17) is 23.2 Å². The highest BCUT2D eigenvalue weighted by Crippen LogP contribution is 2.25. The summed E-state index contributed by atoms with van der Waals surface area (Å²) in [6.07, 6.45) is 1.22. The number of hydrogen-bond acceptors (Lipinski definition) is 3. The molecule has 0 saturated carbocycles. The van der Waals surface area contributed by atoms with Gasteiger partial charge in [-0.1, -0.05) is 41.4 Å². The SMILES string of the molecule is CC(=O)NC(CCc1ccc(Cl)c(Cl)c1)c1cccc(=O)c(O)c1. The topological polar surface area (TPSA) is 66.4 Å². The molecule has 0 spiro atoms. The minimum atomic E-state index is -0.465. The second-order valence-corrected chi connectivity index (χ2v) is 6.27. The largest absolute Gasteiger partial charge is 0.504 e. The predicted molar refractivity (Wildman–Crippen MR) is 95.7 cm³/mol. The van der Waals surface area contributed by atoms with Crippen molar-refractivity contribution in [2.75, 3.05) is 0 Å². The Morgan fingerprint density at radius 2 is 1.92 bits per heavy atom. The molecule has 6 heteroatoms. The monoisotopic (exact) mass is 365 g/mol. The van der Waals surface area contributed by atoms with Gasteiger partial charge >= 0.3 is 0 Å². The molecule has 0 aliphatic heterocycles. The maximum atomic E-state index is 11.5. The maximum absolute atomic E-state index is 11.5. The molecule has 0 bridgehead atoms. The Hall–Kier alpha value is -2.04. The summed E-state index contributed by atoms with van der Waals surface area (Å²) in [5.74, 6) is -0.539. The number of halogens is 2. The van der Waals surface area contributed by atoms with Crippen molar-refractivity contribution in [2.24, 2.45) is 0 Å². The molecule has 2 aromatic rings. The van der Waals surface area contributed by atoms with Crippen molar-refractivity contribution in [1.82, 2.24) is 5.32 Å². The second kappa shape index (κ2) is 8.18. The van der Waals surface area contributed by atoms with E-state index in [2.05, 4.69) is 5.32 Å². The molecule has 2 aromatic carbocycles. The number of hydrogen-bond donors (Lipinski definition) is 2. The van der Waals surface area contributed by atoms with Gasteiger partial charge in [0.25, 0.3) is 0 Å². The molecule has 1 atom stereocenters. The van der Waals surface area contributed by atoms with Crippen molar-refractivity contribution in [3.05, 3.63) is 73.9 Å². The van der Waals surface area contributed by atoms with E-state index in [1.807, 2.05) is 6.07 Å². The number of carbonyl (C=O) groups is 1. The first kappa shape index (κ1) is 18.3. The number of nitrogens with one attached hydrogen (secondary N) is 1. The zero-order chi connectivity index (χ0) is 17.7. The predicted octanol–water partition coefficient (Wildman–Crippen LogP) is 3.87. The van der Waals surface area contributed by atoms with Crippen molar-refractivity contribution in [3.63, 3.8) is 0 Å². The van der Waals surface area contributed by atoms with E-state index in [1.54, 1.807) is 24.3 Å². The average molecular weight is 366 g/mol. The number of rotatable bonds is 5. The Morgan fingerprint density at radius 3 is 2.58 bits per heavy atom. The minimum absolute atomic E-state index is 0.192. The van der Waals surface area contributed by atoms with E-state index >= 15 is 0 Å². The third kappa shape index (κ3) is 4.98. The summed E-state index contributed by atoms with van der Waals surface area (Å²) < 4.78 is 0. The highest BCUT2D eigenvalue weighted by molar-refractivity contribution is 6.42. The molecule has 0 heterocycles. The first-order valence-electron chi connectivity index (χ1n) is 7.41. The molecule has 0 aliphatic rings. The van der Waals surface area contributed by atoms with Crippen molar-refractivity contribution in [2.45, 2.75) is 25.8 Å². The Morgan fingerprint density at radius 1 is 1.17 bits per heavy atom. The molecule has 2 N–H and O–H groups in total. The van der Waals surface area contributed by atoms with E-state index in [0.717, 1.165) is 5.56 Å². The van der Waals surface area contributed by atoms with Crippen molar-refractivity contribution in [1.29, 1.82) is 0 Å². The summed E-state index contributed by atoms with van der Waals surface area (Å²) in [5.41, 5.74) is 1.17. The molecular formula is C18H17Cl2NO3. The maximum Gasteiger partial charge on any atom is 0.220 e. The lowest BCUT2D eigenvalue weighted by molar-refractivity contribution is -0.119. The van der Waals surface area contributed by atoms with Gasteiger partial charge in [0.2, 0.25) is 11.3 Å². The van der Waals surface area contributed by atoms with Crippen LogP contribution < -0.4 is 10.7 Å². The number of carbonyl (C=O) groups excluding carboxylic acids is 1. The quantitative estimate of drug-likeness (QED) is 0.844. The van der Waals surface area contributed by atoms with Gasteiger partial charge in [-0.2, -0.15) is 0 Å². The minimum Gasteiger partial charge on any atom is -0.504 e. The van der Waals surface area contributed by atoms with Gasteiger partial charge in [-0.15, -0.1) is 0 Å². The van der Waals surface area contributed by atoms with Crippen LogP contribution in [0.1, 0.15) is 30.5 Å². The molecular weight excluding hydrogens is 349 g/mol. The molecule has 2 rings (SSSR count). The lowest BCUT2D eigenvalue weighted by Crippen LogP contribution is -2.26. The number of aromatic hydroxyl groups is 1. The normalized spacial score (nSPS) is 11.8. The van der Waals surface area contributed by atoms with Gasteiger partial charge in [0, 0.05) is 6.92 Å². The number of benzene rings is 1. The summed E-state index contributed by atoms with van der Waals surface area (Å²) in [6, 6.07) is 11.0. The van der Waals surface area contributed by atoms with Gasteiger partial charge in [0.15, 0.2) is 5.75 Å². The van der Waals surface area contributed by atoms with Crippen LogP contribution in [0.2, 0.25) is 10.0 Å². The zero-order valence-electron chi connectivity index (χ0n) is 13.1.